The largest absolute Gasteiger partial charge is 1.00 e. The van der Waals surface area contributed by atoms with Crippen LogP contribution in [0, 0.1) is 0 Å². The molecule has 0 fully saturated rings. The Balaban J connectivity index is 0.00000128. The van der Waals surface area contributed by atoms with Crippen LogP contribution in [0.15, 0.2) is 12.1 Å². The van der Waals surface area contributed by atoms with E-state index in [1.54, 1.807) is 14.2 Å². The van der Waals surface area contributed by atoms with Gasteiger partial charge in [-0.05, 0) is 12.1 Å². The average molecular weight is 333 g/mol. The third kappa shape index (κ3) is 2.31. The fourth-order valence-corrected chi connectivity index (χ4v) is 1.98. The number of nitrogens with zero attached hydrogens (tertiary/aromatic N) is 1. The normalized spacial score (nSPS) is 13.3. The molecular formula is C12H16INO2. The minimum atomic E-state index is 0. The topological polar surface area (TPSA) is 21.5 Å². The van der Waals surface area contributed by atoms with Crippen molar-refractivity contribution in [3.8, 4) is 11.5 Å². The average Bonchev–Trinajstić information content (AvgIpc) is 2.27. The number of halogens is 1. The Morgan fingerprint density at radius 2 is 1.94 bits per heavy atom. The van der Waals surface area contributed by atoms with Gasteiger partial charge >= 0.3 is 0 Å². The van der Waals surface area contributed by atoms with Crippen molar-refractivity contribution in [1.29, 1.82) is 0 Å². The molecule has 0 N–H and O–H groups in total. The Bertz CT molecular complexity index is 416. The first kappa shape index (κ1) is 13.3. The van der Waals surface area contributed by atoms with E-state index < -0.39 is 0 Å². The second-order valence-electron chi connectivity index (χ2n) is 3.73. The summed E-state index contributed by atoms with van der Waals surface area (Å²) in [6.45, 7) is 1.02. The van der Waals surface area contributed by atoms with Gasteiger partial charge in [-0.25, -0.2) is 4.58 Å². The van der Waals surface area contributed by atoms with Crippen molar-refractivity contribution >= 4 is 6.21 Å². The molecule has 1 aliphatic rings. The highest BCUT2D eigenvalue weighted by Gasteiger charge is 2.20. The van der Waals surface area contributed by atoms with Crippen LogP contribution in [0.2, 0.25) is 0 Å². The van der Waals surface area contributed by atoms with Gasteiger partial charge < -0.3 is 33.5 Å². The molecule has 0 saturated heterocycles. The van der Waals surface area contributed by atoms with Gasteiger partial charge in [0.05, 0.1) is 14.2 Å². The Morgan fingerprint density at radius 3 is 2.56 bits per heavy atom. The maximum Gasteiger partial charge on any atom is 0.170 e. The van der Waals surface area contributed by atoms with Gasteiger partial charge in [0.15, 0.2) is 17.7 Å². The van der Waals surface area contributed by atoms with Gasteiger partial charge in [0, 0.05) is 17.5 Å². The maximum absolute atomic E-state index is 5.41. The van der Waals surface area contributed by atoms with Gasteiger partial charge in [-0.3, -0.25) is 0 Å². The first-order valence-corrected chi connectivity index (χ1v) is 5.05. The van der Waals surface area contributed by atoms with Crippen LogP contribution in [0.3, 0.4) is 0 Å². The van der Waals surface area contributed by atoms with Crippen molar-refractivity contribution in [2.75, 3.05) is 27.8 Å². The number of likely N-dealkylation sites (N-methyl/N-ethyl adjacent to an activating group) is 1. The van der Waals surface area contributed by atoms with Crippen LogP contribution in [0.5, 0.6) is 11.5 Å². The van der Waals surface area contributed by atoms with E-state index in [-0.39, 0.29) is 24.0 Å². The van der Waals surface area contributed by atoms with Crippen LogP contribution >= 0.6 is 0 Å². The summed E-state index contributed by atoms with van der Waals surface area (Å²) in [5.41, 5.74) is 2.47. The molecule has 0 radical (unpaired) electrons. The Labute approximate surface area is 113 Å². The SMILES string of the molecule is COc1ccc2c(c1OC)CC[N+](C)=C2.[I-]. The number of benzene rings is 1. The first-order valence-electron chi connectivity index (χ1n) is 5.05. The second kappa shape index (κ2) is 5.52. The molecule has 88 valence electrons. The molecule has 0 amide bonds. The minimum absolute atomic E-state index is 0. The molecule has 1 aromatic carbocycles. The molecule has 3 nitrogen and oxygen atoms in total. The molecule has 1 heterocycles. The third-order valence-corrected chi connectivity index (χ3v) is 2.76. The fraction of sp³-hybridized carbons (Fsp3) is 0.417. The molecule has 0 bridgehead atoms. The maximum atomic E-state index is 5.41. The van der Waals surface area contributed by atoms with Crippen LogP contribution in [0.4, 0.5) is 0 Å². The highest BCUT2D eigenvalue weighted by atomic mass is 127. The molecule has 1 aromatic rings. The molecule has 0 aromatic heterocycles. The van der Waals surface area contributed by atoms with Gasteiger partial charge in [0.25, 0.3) is 0 Å². The second-order valence-corrected chi connectivity index (χ2v) is 3.73. The Kier molecular flexibility index (Phi) is 4.58. The predicted octanol–water partition coefficient (Wildman–Crippen LogP) is -1.67. The summed E-state index contributed by atoms with van der Waals surface area (Å²) in [5.74, 6) is 1.69. The molecule has 16 heavy (non-hydrogen) atoms. The predicted molar refractivity (Wildman–Crippen MR) is 59.5 cm³/mol. The summed E-state index contributed by atoms with van der Waals surface area (Å²) in [5, 5.41) is 0. The number of fused-ring (bicyclic) bond motifs is 1. The summed E-state index contributed by atoms with van der Waals surface area (Å²) in [7, 11) is 5.44. The Hall–Kier alpha value is -0.780. The number of ether oxygens (including phenoxy) is 2. The van der Waals surface area contributed by atoms with Crippen LogP contribution in [0.1, 0.15) is 11.1 Å². The molecule has 2 rings (SSSR count). The smallest absolute Gasteiger partial charge is 0.170 e. The Morgan fingerprint density at radius 1 is 1.19 bits per heavy atom. The van der Waals surface area contributed by atoms with Crippen LogP contribution in [-0.2, 0) is 6.42 Å². The summed E-state index contributed by atoms with van der Waals surface area (Å²) in [4.78, 5) is 0. The van der Waals surface area contributed by atoms with E-state index in [9.17, 15) is 0 Å². The van der Waals surface area contributed by atoms with Gasteiger partial charge in [-0.1, -0.05) is 0 Å². The third-order valence-electron chi connectivity index (χ3n) is 2.76. The molecule has 0 saturated carbocycles. The quantitative estimate of drug-likeness (QED) is 0.477. The van der Waals surface area contributed by atoms with Crippen molar-refractivity contribution in [2.24, 2.45) is 0 Å². The highest BCUT2D eigenvalue weighted by Crippen LogP contribution is 2.34. The molecular weight excluding hydrogens is 317 g/mol. The zero-order chi connectivity index (χ0) is 10.8. The van der Waals surface area contributed by atoms with Crippen molar-refractivity contribution in [2.45, 2.75) is 6.42 Å². The number of hydrogen-bond donors (Lipinski definition) is 0. The molecule has 0 atom stereocenters. The van der Waals surface area contributed by atoms with Crippen molar-refractivity contribution < 1.29 is 38.0 Å². The zero-order valence-corrected chi connectivity index (χ0v) is 11.9. The summed E-state index contributed by atoms with van der Waals surface area (Å²) < 4.78 is 12.9. The fourth-order valence-electron chi connectivity index (χ4n) is 1.98. The highest BCUT2D eigenvalue weighted by molar-refractivity contribution is 5.81. The number of hydrogen-bond acceptors (Lipinski definition) is 2. The van der Waals surface area contributed by atoms with Crippen LogP contribution in [0.25, 0.3) is 0 Å². The lowest BCUT2D eigenvalue weighted by atomic mass is 10.0. The number of rotatable bonds is 2. The van der Waals surface area contributed by atoms with Crippen molar-refractivity contribution in [3.05, 3.63) is 23.3 Å². The van der Waals surface area contributed by atoms with Gasteiger partial charge in [-0.2, -0.15) is 0 Å². The number of methoxy groups -OCH3 is 2. The van der Waals surface area contributed by atoms with Crippen molar-refractivity contribution in [1.82, 2.24) is 0 Å². The zero-order valence-electron chi connectivity index (χ0n) is 9.79. The monoisotopic (exact) mass is 333 g/mol. The lowest BCUT2D eigenvalue weighted by Crippen LogP contribution is -3.00. The van der Waals surface area contributed by atoms with E-state index in [0.717, 1.165) is 24.5 Å². The van der Waals surface area contributed by atoms with E-state index in [1.807, 2.05) is 6.07 Å². The van der Waals surface area contributed by atoms with Gasteiger partial charge in [0.1, 0.15) is 13.6 Å². The summed E-state index contributed by atoms with van der Waals surface area (Å²) >= 11 is 0. The standard InChI is InChI=1S/C12H16NO2.HI/c1-13-7-6-10-9(8-13)4-5-11(14-2)12(10)15-3;/h4-5,8H,6-7H2,1-3H3;1H/q+1;/p-1. The van der Waals surface area contributed by atoms with Crippen molar-refractivity contribution in [3.63, 3.8) is 0 Å². The summed E-state index contributed by atoms with van der Waals surface area (Å²) in [6.07, 6.45) is 3.14. The first-order chi connectivity index (χ1) is 7.26. The molecule has 0 unspecified atom stereocenters. The molecule has 0 spiro atoms. The van der Waals surface area contributed by atoms with Gasteiger partial charge in [0.2, 0.25) is 0 Å². The van der Waals surface area contributed by atoms with E-state index in [4.69, 9.17) is 9.47 Å². The summed E-state index contributed by atoms with van der Waals surface area (Å²) in [6, 6.07) is 4.03. The molecule has 0 aliphatic carbocycles. The van der Waals surface area contributed by atoms with Crippen LogP contribution < -0.4 is 33.5 Å². The molecule has 1 aliphatic heterocycles. The molecule has 4 heteroatoms. The van der Waals surface area contributed by atoms with E-state index >= 15 is 0 Å². The van der Waals surface area contributed by atoms with Gasteiger partial charge in [-0.15, -0.1) is 0 Å². The lowest BCUT2D eigenvalue weighted by Gasteiger charge is -2.16. The lowest BCUT2D eigenvalue weighted by molar-refractivity contribution is -0.493. The minimum Gasteiger partial charge on any atom is -1.00 e. The van der Waals surface area contributed by atoms with E-state index in [0.29, 0.717) is 0 Å². The van der Waals surface area contributed by atoms with Crippen LogP contribution in [-0.4, -0.2) is 38.6 Å². The van der Waals surface area contributed by atoms with E-state index in [2.05, 4.69) is 23.9 Å². The van der Waals surface area contributed by atoms with E-state index in [1.165, 1.54) is 11.1 Å².